The zero-order chi connectivity index (χ0) is 10.1. The molecule has 1 aliphatic rings. The molecule has 1 aromatic rings. The van der Waals surface area contributed by atoms with Crippen molar-refractivity contribution in [1.82, 2.24) is 9.97 Å². The third kappa shape index (κ3) is 1.43. The first-order chi connectivity index (χ1) is 6.70. The van der Waals surface area contributed by atoms with Gasteiger partial charge in [-0.25, -0.2) is 14.4 Å². The van der Waals surface area contributed by atoms with Crippen molar-refractivity contribution >= 4 is 11.9 Å². The van der Waals surface area contributed by atoms with E-state index in [0.717, 1.165) is 17.3 Å². The number of fused-ring (bicyclic) bond motifs is 1. The highest BCUT2D eigenvalue weighted by Gasteiger charge is 2.10. The lowest BCUT2D eigenvalue weighted by molar-refractivity contribution is 0.682. The Labute approximate surface area is 82.2 Å². The van der Waals surface area contributed by atoms with Crippen molar-refractivity contribution in [3.8, 4) is 0 Å². The van der Waals surface area contributed by atoms with Gasteiger partial charge in [0, 0.05) is 11.6 Å². The van der Waals surface area contributed by atoms with Crippen LogP contribution in [0.2, 0.25) is 0 Å². The second kappa shape index (κ2) is 3.48. The van der Waals surface area contributed by atoms with Crippen molar-refractivity contribution < 1.29 is 4.39 Å². The van der Waals surface area contributed by atoms with Crippen LogP contribution in [0.4, 0.5) is 4.39 Å². The molecule has 0 atom stereocenters. The molecule has 0 spiro atoms. The van der Waals surface area contributed by atoms with Crippen molar-refractivity contribution in [2.24, 2.45) is 0 Å². The molecule has 0 fully saturated rings. The van der Waals surface area contributed by atoms with Crippen LogP contribution in [0.5, 0.6) is 0 Å². The van der Waals surface area contributed by atoms with E-state index in [4.69, 9.17) is 0 Å². The fraction of sp³-hybridized carbons (Fsp3) is 0.455. The summed E-state index contributed by atoms with van der Waals surface area (Å²) < 4.78 is 13.4. The molecule has 0 amide bonds. The van der Waals surface area contributed by atoms with E-state index in [2.05, 4.69) is 23.8 Å². The molecule has 1 aromatic heterocycles. The molecule has 0 unspecified atom stereocenters. The van der Waals surface area contributed by atoms with Gasteiger partial charge in [-0.2, -0.15) is 0 Å². The molecular formula is C11H13FN2. The van der Waals surface area contributed by atoms with Crippen LogP contribution in [-0.4, -0.2) is 9.97 Å². The topological polar surface area (TPSA) is 25.8 Å². The Morgan fingerprint density at radius 2 is 2.14 bits per heavy atom. The molecule has 0 N–H and O–H groups in total. The molecule has 0 bridgehead atoms. The molecule has 0 saturated carbocycles. The summed E-state index contributed by atoms with van der Waals surface area (Å²) in [6.07, 6.45) is 4.72. The van der Waals surface area contributed by atoms with Gasteiger partial charge in [0.2, 0.25) is 0 Å². The van der Waals surface area contributed by atoms with Gasteiger partial charge in [-0.3, -0.25) is 0 Å². The van der Waals surface area contributed by atoms with E-state index in [9.17, 15) is 4.39 Å². The standard InChI is InChI=1S/C11H13FN2/c1-7(2)10-8-4-3-5-9(12)11(8)14-6-13-10/h4,6-7H,3,5H2,1-2H3. The summed E-state index contributed by atoms with van der Waals surface area (Å²) in [5, 5.41) is 1.39. The third-order valence-electron chi connectivity index (χ3n) is 2.43. The van der Waals surface area contributed by atoms with E-state index in [1.165, 1.54) is 6.33 Å². The molecule has 2 nitrogen and oxygen atoms in total. The molecule has 1 heterocycles. The van der Waals surface area contributed by atoms with Gasteiger partial charge in [-0.1, -0.05) is 19.9 Å². The lowest BCUT2D eigenvalue weighted by Gasteiger charge is -2.08. The number of aromatic nitrogens is 2. The molecule has 14 heavy (non-hydrogen) atoms. The Hall–Kier alpha value is -1.25. The maximum atomic E-state index is 13.4. The Balaban J connectivity index is 2.81. The van der Waals surface area contributed by atoms with Gasteiger partial charge >= 0.3 is 0 Å². The van der Waals surface area contributed by atoms with E-state index >= 15 is 0 Å². The summed E-state index contributed by atoms with van der Waals surface area (Å²) in [6.45, 7) is 4.12. The fourth-order valence-corrected chi connectivity index (χ4v) is 1.75. The first-order valence-corrected chi connectivity index (χ1v) is 4.90. The summed E-state index contributed by atoms with van der Waals surface area (Å²) in [5.74, 6) is 0.209. The van der Waals surface area contributed by atoms with Crippen LogP contribution in [-0.2, 0) is 0 Å². The summed E-state index contributed by atoms with van der Waals surface area (Å²) in [6, 6.07) is 0. The van der Waals surface area contributed by atoms with Crippen LogP contribution in [0.15, 0.2) is 6.33 Å². The highest BCUT2D eigenvalue weighted by Crippen LogP contribution is 2.10. The highest BCUT2D eigenvalue weighted by atomic mass is 19.1. The van der Waals surface area contributed by atoms with Gasteiger partial charge in [-0.15, -0.1) is 0 Å². The van der Waals surface area contributed by atoms with Gasteiger partial charge in [0.05, 0.1) is 5.69 Å². The van der Waals surface area contributed by atoms with Crippen LogP contribution < -0.4 is 10.6 Å². The maximum absolute atomic E-state index is 13.4. The summed E-state index contributed by atoms with van der Waals surface area (Å²) >= 11 is 0. The average Bonchev–Trinajstić information content (AvgIpc) is 2.17. The van der Waals surface area contributed by atoms with Crippen LogP contribution in [0, 0.1) is 0 Å². The Bertz CT molecular complexity index is 463. The van der Waals surface area contributed by atoms with E-state index in [0.29, 0.717) is 17.7 Å². The molecular weight excluding hydrogens is 179 g/mol. The van der Waals surface area contributed by atoms with Crippen LogP contribution >= 0.6 is 0 Å². The quantitative estimate of drug-likeness (QED) is 0.669. The normalized spacial score (nSPS) is 15.3. The van der Waals surface area contributed by atoms with Crippen LogP contribution in [0.1, 0.15) is 38.3 Å². The first kappa shape index (κ1) is 9.31. The number of hydrogen-bond donors (Lipinski definition) is 0. The molecule has 3 heteroatoms. The van der Waals surface area contributed by atoms with Crippen molar-refractivity contribution in [3.05, 3.63) is 22.6 Å². The zero-order valence-corrected chi connectivity index (χ0v) is 8.42. The smallest absolute Gasteiger partial charge is 0.127 e. The predicted molar refractivity (Wildman–Crippen MR) is 53.6 cm³/mol. The minimum atomic E-state index is -0.105. The molecule has 0 aromatic carbocycles. The van der Waals surface area contributed by atoms with Crippen LogP contribution in [0.25, 0.3) is 11.9 Å². The second-order valence-corrected chi connectivity index (χ2v) is 3.82. The lowest BCUT2D eigenvalue weighted by atomic mass is 10.0. The predicted octanol–water partition coefficient (Wildman–Crippen LogP) is 1.25. The molecule has 0 saturated heterocycles. The molecule has 1 aliphatic carbocycles. The molecule has 0 aliphatic heterocycles. The summed E-state index contributed by atoms with van der Waals surface area (Å²) in [5.41, 5.74) is 0.949. The maximum Gasteiger partial charge on any atom is 0.127 e. The van der Waals surface area contributed by atoms with Gasteiger partial charge in [0.25, 0.3) is 0 Å². The minimum absolute atomic E-state index is 0.105. The number of nitrogens with zero attached hydrogens (tertiary/aromatic N) is 2. The molecule has 0 radical (unpaired) electrons. The van der Waals surface area contributed by atoms with Crippen molar-refractivity contribution in [1.29, 1.82) is 0 Å². The van der Waals surface area contributed by atoms with Gasteiger partial charge in [0.1, 0.15) is 17.5 Å². The Morgan fingerprint density at radius 3 is 2.86 bits per heavy atom. The largest absolute Gasteiger partial charge is 0.240 e. The Morgan fingerprint density at radius 1 is 1.36 bits per heavy atom. The van der Waals surface area contributed by atoms with E-state index in [1.54, 1.807) is 0 Å². The van der Waals surface area contributed by atoms with Crippen molar-refractivity contribution in [2.45, 2.75) is 32.6 Å². The van der Waals surface area contributed by atoms with Gasteiger partial charge < -0.3 is 0 Å². The first-order valence-electron chi connectivity index (χ1n) is 4.90. The second-order valence-electron chi connectivity index (χ2n) is 3.82. The highest BCUT2D eigenvalue weighted by molar-refractivity contribution is 5.43. The SMILES string of the molecule is CC(C)c1ncnc2c1=CCCC=2F. The van der Waals surface area contributed by atoms with Crippen LogP contribution in [0.3, 0.4) is 0 Å². The van der Waals surface area contributed by atoms with Gasteiger partial charge in [0.15, 0.2) is 0 Å². The summed E-state index contributed by atoms with van der Waals surface area (Å²) in [7, 11) is 0. The minimum Gasteiger partial charge on any atom is -0.240 e. The van der Waals surface area contributed by atoms with E-state index in [1.807, 2.05) is 6.08 Å². The average molecular weight is 192 g/mol. The van der Waals surface area contributed by atoms with E-state index in [-0.39, 0.29) is 5.83 Å². The van der Waals surface area contributed by atoms with Crippen molar-refractivity contribution in [2.75, 3.05) is 0 Å². The number of hydrogen-bond acceptors (Lipinski definition) is 2. The molecule has 2 rings (SSSR count). The molecule has 74 valence electrons. The zero-order valence-electron chi connectivity index (χ0n) is 8.42. The fourth-order valence-electron chi connectivity index (χ4n) is 1.75. The van der Waals surface area contributed by atoms with E-state index < -0.39 is 0 Å². The van der Waals surface area contributed by atoms with Gasteiger partial charge in [-0.05, 0) is 12.3 Å². The monoisotopic (exact) mass is 192 g/mol. The third-order valence-corrected chi connectivity index (χ3v) is 2.43. The Kier molecular flexibility index (Phi) is 2.32. The van der Waals surface area contributed by atoms with Crippen molar-refractivity contribution in [3.63, 3.8) is 0 Å². The summed E-state index contributed by atoms with van der Waals surface area (Å²) in [4.78, 5) is 8.19. The number of rotatable bonds is 1. The lowest BCUT2D eigenvalue weighted by Crippen LogP contribution is -2.36. The number of halogens is 1.